The second kappa shape index (κ2) is 6.37. The lowest BCUT2D eigenvalue weighted by molar-refractivity contribution is 0.442. The number of hydrogen-bond donors (Lipinski definition) is 2. The Bertz CT molecular complexity index is 652. The third kappa shape index (κ3) is 2.77. The van der Waals surface area contributed by atoms with Gasteiger partial charge in [0, 0.05) is 31.9 Å². The first-order valence-electron chi connectivity index (χ1n) is 8.71. The molecule has 2 fully saturated rings. The first kappa shape index (κ1) is 14.8. The fourth-order valence-corrected chi connectivity index (χ4v) is 3.76. The van der Waals surface area contributed by atoms with Crippen molar-refractivity contribution in [3.63, 3.8) is 0 Å². The first-order chi connectivity index (χ1) is 11.4. The number of piperidine rings is 1. The number of fused-ring (bicyclic) bond motifs is 1. The minimum absolute atomic E-state index is 0.653. The van der Waals surface area contributed by atoms with Gasteiger partial charge in [-0.2, -0.15) is 0 Å². The van der Waals surface area contributed by atoms with Crippen LogP contribution in [0.4, 0.5) is 11.5 Å². The maximum Gasteiger partial charge on any atom is 0.162 e. The Morgan fingerprint density at radius 3 is 2.83 bits per heavy atom. The summed E-state index contributed by atoms with van der Waals surface area (Å²) < 4.78 is 2.24. The minimum atomic E-state index is 0.653. The average Bonchev–Trinajstić information content (AvgIpc) is 3.07. The van der Waals surface area contributed by atoms with Crippen molar-refractivity contribution < 1.29 is 0 Å². The van der Waals surface area contributed by atoms with Crippen LogP contribution in [0.2, 0.25) is 0 Å². The highest BCUT2D eigenvalue weighted by molar-refractivity contribution is 5.72. The van der Waals surface area contributed by atoms with Crippen LogP contribution in [0.25, 0.3) is 5.65 Å². The zero-order valence-electron chi connectivity index (χ0n) is 13.8. The molecular formula is C17H26N6. The molecule has 2 aliphatic heterocycles. The van der Waals surface area contributed by atoms with Crippen LogP contribution in [0.15, 0.2) is 24.5 Å². The number of rotatable bonds is 3. The first-order valence-corrected chi connectivity index (χ1v) is 8.71. The quantitative estimate of drug-likeness (QED) is 0.894. The number of nitrogens with zero attached hydrogens (tertiary/aromatic N) is 4. The highest BCUT2D eigenvalue weighted by atomic mass is 15.3. The molecule has 0 spiro atoms. The Balaban J connectivity index is 1.62. The van der Waals surface area contributed by atoms with Gasteiger partial charge < -0.3 is 15.1 Å². The van der Waals surface area contributed by atoms with Gasteiger partial charge in [-0.05, 0) is 45.0 Å². The number of aromatic nitrogens is 2. The summed E-state index contributed by atoms with van der Waals surface area (Å²) >= 11 is 0. The molecule has 2 saturated heterocycles. The van der Waals surface area contributed by atoms with Crippen molar-refractivity contribution >= 4 is 17.2 Å². The predicted octanol–water partition coefficient (Wildman–Crippen LogP) is 1.28. The Kier molecular flexibility index (Phi) is 4.10. The van der Waals surface area contributed by atoms with E-state index in [-0.39, 0.29) is 0 Å². The summed E-state index contributed by atoms with van der Waals surface area (Å²) in [6.45, 7) is 5.31. The van der Waals surface area contributed by atoms with E-state index in [9.17, 15) is 0 Å². The fraction of sp³-hybridized carbons (Fsp3) is 0.588. The Morgan fingerprint density at radius 1 is 1.22 bits per heavy atom. The van der Waals surface area contributed by atoms with Gasteiger partial charge >= 0.3 is 0 Å². The zero-order chi connectivity index (χ0) is 15.6. The molecule has 2 aromatic rings. The van der Waals surface area contributed by atoms with E-state index in [1.54, 1.807) is 0 Å². The van der Waals surface area contributed by atoms with Crippen LogP contribution in [0.3, 0.4) is 0 Å². The van der Waals surface area contributed by atoms with Gasteiger partial charge in [-0.25, -0.2) is 4.98 Å². The molecule has 23 heavy (non-hydrogen) atoms. The van der Waals surface area contributed by atoms with E-state index < -0.39 is 0 Å². The lowest BCUT2D eigenvalue weighted by Crippen LogP contribution is -2.42. The molecule has 0 atom stereocenters. The second-order valence-corrected chi connectivity index (χ2v) is 6.53. The summed E-state index contributed by atoms with van der Waals surface area (Å²) in [4.78, 5) is 9.60. The molecule has 2 aliphatic rings. The number of hydrogen-bond acceptors (Lipinski definition) is 5. The van der Waals surface area contributed by atoms with Gasteiger partial charge in [-0.1, -0.05) is 0 Å². The molecular weight excluding hydrogens is 288 g/mol. The van der Waals surface area contributed by atoms with Gasteiger partial charge in [-0.3, -0.25) is 9.72 Å². The van der Waals surface area contributed by atoms with Crippen LogP contribution >= 0.6 is 0 Å². The molecule has 124 valence electrons. The van der Waals surface area contributed by atoms with Gasteiger partial charge in [-0.15, -0.1) is 0 Å². The SMILES string of the molecule is CNC1CCN(c2cccn3c(N4CCCNC4)cnc23)CC1. The van der Waals surface area contributed by atoms with E-state index in [4.69, 9.17) is 4.98 Å². The van der Waals surface area contributed by atoms with Crippen molar-refractivity contribution in [2.75, 3.05) is 49.7 Å². The molecule has 2 aromatic heterocycles. The van der Waals surface area contributed by atoms with E-state index in [0.717, 1.165) is 38.5 Å². The van der Waals surface area contributed by atoms with Crippen molar-refractivity contribution in [2.24, 2.45) is 0 Å². The number of nitrogens with one attached hydrogen (secondary N) is 2. The van der Waals surface area contributed by atoms with E-state index in [1.807, 2.05) is 6.20 Å². The molecule has 0 radical (unpaired) electrons. The average molecular weight is 314 g/mol. The van der Waals surface area contributed by atoms with E-state index >= 15 is 0 Å². The molecule has 2 N–H and O–H groups in total. The molecule has 0 bridgehead atoms. The number of imidazole rings is 1. The van der Waals surface area contributed by atoms with E-state index in [2.05, 4.69) is 50.2 Å². The summed E-state index contributed by atoms with van der Waals surface area (Å²) in [5.41, 5.74) is 2.34. The molecule has 4 heterocycles. The summed E-state index contributed by atoms with van der Waals surface area (Å²) in [6.07, 6.45) is 7.73. The van der Waals surface area contributed by atoms with Crippen molar-refractivity contribution in [1.82, 2.24) is 20.0 Å². The number of pyridine rings is 1. The predicted molar refractivity (Wildman–Crippen MR) is 94.3 cm³/mol. The molecule has 6 heteroatoms. The third-order valence-electron chi connectivity index (χ3n) is 5.15. The zero-order valence-corrected chi connectivity index (χ0v) is 13.8. The maximum absolute atomic E-state index is 4.74. The monoisotopic (exact) mass is 314 g/mol. The van der Waals surface area contributed by atoms with Crippen LogP contribution in [-0.2, 0) is 0 Å². The van der Waals surface area contributed by atoms with Gasteiger partial charge in [0.25, 0.3) is 0 Å². The smallest absolute Gasteiger partial charge is 0.162 e. The van der Waals surface area contributed by atoms with Crippen molar-refractivity contribution in [3.05, 3.63) is 24.5 Å². The lowest BCUT2D eigenvalue weighted by atomic mass is 10.0. The van der Waals surface area contributed by atoms with Gasteiger partial charge in [0.2, 0.25) is 0 Å². The van der Waals surface area contributed by atoms with Crippen molar-refractivity contribution in [3.8, 4) is 0 Å². The largest absolute Gasteiger partial charge is 0.368 e. The normalized spacial score (nSPS) is 20.4. The Labute approximate surface area is 137 Å². The molecule has 6 nitrogen and oxygen atoms in total. The summed E-state index contributed by atoms with van der Waals surface area (Å²) in [5.74, 6) is 1.19. The van der Waals surface area contributed by atoms with Crippen molar-refractivity contribution in [1.29, 1.82) is 0 Å². The number of anilines is 2. The van der Waals surface area contributed by atoms with E-state index in [0.29, 0.717) is 6.04 Å². The minimum Gasteiger partial charge on any atom is -0.368 e. The summed E-state index contributed by atoms with van der Waals surface area (Å²) in [6, 6.07) is 5.01. The molecule has 0 aromatic carbocycles. The fourth-order valence-electron chi connectivity index (χ4n) is 3.76. The van der Waals surface area contributed by atoms with Crippen LogP contribution in [0.1, 0.15) is 19.3 Å². The standard InChI is InChI=1S/C17H26N6/c1-18-14-5-10-21(11-6-14)15-4-2-9-23-16(12-20-17(15)23)22-8-3-7-19-13-22/h2,4,9,12,14,18-19H,3,5-8,10-11,13H2,1H3. The molecule has 0 saturated carbocycles. The van der Waals surface area contributed by atoms with Crippen molar-refractivity contribution in [2.45, 2.75) is 25.3 Å². The topological polar surface area (TPSA) is 47.8 Å². The highest BCUT2D eigenvalue weighted by Gasteiger charge is 2.21. The summed E-state index contributed by atoms with van der Waals surface area (Å²) in [7, 11) is 2.06. The Morgan fingerprint density at radius 2 is 2.09 bits per heavy atom. The highest BCUT2D eigenvalue weighted by Crippen LogP contribution is 2.27. The third-order valence-corrected chi connectivity index (χ3v) is 5.15. The van der Waals surface area contributed by atoms with Crippen LogP contribution < -0.4 is 20.4 Å². The van der Waals surface area contributed by atoms with Gasteiger partial charge in [0.15, 0.2) is 5.65 Å². The molecule has 4 rings (SSSR count). The van der Waals surface area contributed by atoms with Gasteiger partial charge in [0.1, 0.15) is 5.82 Å². The molecule has 0 amide bonds. The lowest BCUT2D eigenvalue weighted by Gasteiger charge is -2.33. The molecule has 0 aliphatic carbocycles. The van der Waals surface area contributed by atoms with E-state index in [1.165, 1.54) is 30.8 Å². The second-order valence-electron chi connectivity index (χ2n) is 6.53. The van der Waals surface area contributed by atoms with Crippen LogP contribution in [-0.4, -0.2) is 55.3 Å². The summed E-state index contributed by atoms with van der Waals surface area (Å²) in [5, 5.41) is 6.84. The van der Waals surface area contributed by atoms with Crippen LogP contribution in [0.5, 0.6) is 0 Å². The molecule has 0 unspecified atom stereocenters. The van der Waals surface area contributed by atoms with Crippen LogP contribution in [0, 0.1) is 0 Å². The maximum atomic E-state index is 4.74. The van der Waals surface area contributed by atoms with Gasteiger partial charge in [0.05, 0.1) is 18.6 Å². The Hall–Kier alpha value is -1.79.